The second-order valence-electron chi connectivity index (χ2n) is 7.34. The third-order valence-electron chi connectivity index (χ3n) is 4.38. The van der Waals surface area contributed by atoms with Crippen LogP contribution in [0.4, 0.5) is 13.2 Å². The van der Waals surface area contributed by atoms with E-state index in [1.807, 2.05) is 13.8 Å². The number of rotatable bonds is 6. The van der Waals surface area contributed by atoms with Gasteiger partial charge in [-0.3, -0.25) is 14.3 Å². The molecule has 11 heteroatoms. The highest BCUT2D eigenvalue weighted by molar-refractivity contribution is 7.17. The van der Waals surface area contributed by atoms with Crippen LogP contribution >= 0.6 is 11.3 Å². The highest BCUT2D eigenvalue weighted by atomic mass is 32.1. The van der Waals surface area contributed by atoms with Crippen LogP contribution in [0.3, 0.4) is 0 Å². The van der Waals surface area contributed by atoms with E-state index in [2.05, 4.69) is 15.4 Å². The van der Waals surface area contributed by atoms with Crippen LogP contribution in [0.25, 0.3) is 4.96 Å². The zero-order valence-electron chi connectivity index (χ0n) is 17.0. The Hall–Kier alpha value is -2.69. The lowest BCUT2D eigenvalue weighted by Crippen LogP contribution is -2.28. The van der Waals surface area contributed by atoms with E-state index in [0.717, 1.165) is 6.07 Å². The van der Waals surface area contributed by atoms with E-state index in [1.165, 1.54) is 26.5 Å². The SMILES string of the molecule is CCNC(=O)c1c(C)sc2nc(Cn3nc(C(F)(F)F)cc3CC(C)C)cc(=O)n12. The summed E-state index contributed by atoms with van der Waals surface area (Å²) in [5.41, 5.74) is -0.509. The van der Waals surface area contributed by atoms with Crippen molar-refractivity contribution in [1.82, 2.24) is 24.5 Å². The van der Waals surface area contributed by atoms with Gasteiger partial charge in [0.2, 0.25) is 0 Å². The van der Waals surface area contributed by atoms with Gasteiger partial charge in [-0.1, -0.05) is 13.8 Å². The molecule has 1 amide bonds. The zero-order valence-corrected chi connectivity index (χ0v) is 17.8. The van der Waals surface area contributed by atoms with Crippen LogP contribution in [0.5, 0.6) is 0 Å². The lowest BCUT2D eigenvalue weighted by molar-refractivity contribution is -0.141. The molecule has 1 N–H and O–H groups in total. The van der Waals surface area contributed by atoms with Crippen LogP contribution in [0.15, 0.2) is 16.9 Å². The van der Waals surface area contributed by atoms with Gasteiger partial charge in [0, 0.05) is 23.2 Å². The molecule has 3 rings (SSSR count). The smallest absolute Gasteiger partial charge is 0.351 e. The summed E-state index contributed by atoms with van der Waals surface area (Å²) in [7, 11) is 0. The van der Waals surface area contributed by atoms with Crippen molar-refractivity contribution in [3.63, 3.8) is 0 Å². The maximum absolute atomic E-state index is 13.1. The minimum absolute atomic E-state index is 0.0721. The standard InChI is InChI=1S/C19H22F3N5O2S/c1-5-23-17(29)16-11(4)30-18-24-12(7-15(28)27(16)18)9-26-13(6-10(2)3)8-14(25-26)19(20,21)22/h7-8,10H,5-6,9H2,1-4H3,(H,23,29). The molecule has 0 saturated carbocycles. The molecule has 0 aliphatic heterocycles. The molecule has 0 aliphatic rings. The summed E-state index contributed by atoms with van der Waals surface area (Å²) >= 11 is 1.18. The van der Waals surface area contributed by atoms with Crippen molar-refractivity contribution in [2.45, 2.75) is 46.8 Å². The lowest BCUT2D eigenvalue weighted by atomic mass is 10.1. The summed E-state index contributed by atoms with van der Waals surface area (Å²) in [6.07, 6.45) is -4.15. The van der Waals surface area contributed by atoms with E-state index in [9.17, 15) is 22.8 Å². The molecule has 3 aromatic rings. The predicted molar refractivity (Wildman–Crippen MR) is 107 cm³/mol. The number of hydrogen-bond acceptors (Lipinski definition) is 5. The third kappa shape index (κ3) is 4.40. The number of carbonyl (C=O) groups is 1. The molecule has 0 aliphatic carbocycles. The normalized spacial score (nSPS) is 12.1. The first-order valence-corrected chi connectivity index (χ1v) is 10.3. The second kappa shape index (κ2) is 8.21. The largest absolute Gasteiger partial charge is 0.435 e. The minimum atomic E-state index is -4.56. The molecule has 3 aromatic heterocycles. The molecule has 0 aromatic carbocycles. The van der Waals surface area contributed by atoms with Gasteiger partial charge in [-0.2, -0.15) is 18.3 Å². The van der Waals surface area contributed by atoms with E-state index < -0.39 is 17.4 Å². The number of nitrogens with zero attached hydrogens (tertiary/aromatic N) is 4. The van der Waals surface area contributed by atoms with Gasteiger partial charge in [-0.25, -0.2) is 9.38 Å². The Labute approximate surface area is 174 Å². The number of alkyl halides is 3. The number of aromatic nitrogens is 4. The first-order valence-electron chi connectivity index (χ1n) is 9.45. The Morgan fingerprint density at radius 1 is 1.30 bits per heavy atom. The first kappa shape index (κ1) is 22.0. The maximum Gasteiger partial charge on any atom is 0.435 e. The summed E-state index contributed by atoms with van der Waals surface area (Å²) in [6, 6.07) is 2.27. The number of nitrogens with one attached hydrogen (secondary N) is 1. The van der Waals surface area contributed by atoms with Crippen molar-refractivity contribution in [1.29, 1.82) is 0 Å². The summed E-state index contributed by atoms with van der Waals surface area (Å²) < 4.78 is 41.9. The average Bonchev–Trinajstić information content (AvgIpc) is 3.15. The van der Waals surface area contributed by atoms with Gasteiger partial charge in [0.05, 0.1) is 12.2 Å². The van der Waals surface area contributed by atoms with Crippen molar-refractivity contribution in [2.24, 2.45) is 5.92 Å². The Bertz CT molecular complexity index is 1140. The van der Waals surface area contributed by atoms with E-state index in [1.54, 1.807) is 13.8 Å². The van der Waals surface area contributed by atoms with Crippen molar-refractivity contribution < 1.29 is 18.0 Å². The Morgan fingerprint density at radius 3 is 2.60 bits per heavy atom. The number of amides is 1. The quantitative estimate of drug-likeness (QED) is 0.637. The molecular formula is C19H22F3N5O2S. The van der Waals surface area contributed by atoms with Gasteiger partial charge < -0.3 is 5.32 Å². The predicted octanol–water partition coefficient (Wildman–Crippen LogP) is 3.28. The van der Waals surface area contributed by atoms with Gasteiger partial charge in [0.25, 0.3) is 11.5 Å². The van der Waals surface area contributed by atoms with Crippen LogP contribution in [0.2, 0.25) is 0 Å². The minimum Gasteiger partial charge on any atom is -0.351 e. The summed E-state index contributed by atoms with van der Waals surface area (Å²) in [4.78, 5) is 30.3. The number of aryl methyl sites for hydroxylation is 1. The van der Waals surface area contributed by atoms with Crippen molar-refractivity contribution in [2.75, 3.05) is 6.54 Å². The highest BCUT2D eigenvalue weighted by Crippen LogP contribution is 2.29. The maximum atomic E-state index is 13.1. The Balaban J connectivity index is 2.04. The van der Waals surface area contributed by atoms with Gasteiger partial charge in [-0.15, -0.1) is 11.3 Å². The molecule has 0 bridgehead atoms. The second-order valence-corrected chi connectivity index (χ2v) is 8.53. The number of thiazole rings is 1. The van der Waals surface area contributed by atoms with Gasteiger partial charge in [0.15, 0.2) is 10.7 Å². The molecule has 0 unspecified atom stereocenters. The Morgan fingerprint density at radius 2 is 2.00 bits per heavy atom. The topological polar surface area (TPSA) is 81.3 Å². The molecule has 30 heavy (non-hydrogen) atoms. The number of fused-ring (bicyclic) bond motifs is 1. The summed E-state index contributed by atoms with van der Waals surface area (Å²) in [5.74, 6) is -0.249. The fourth-order valence-corrected chi connectivity index (χ4v) is 4.17. The molecular weight excluding hydrogens is 419 g/mol. The summed E-state index contributed by atoms with van der Waals surface area (Å²) in [6.45, 7) is 7.63. The molecule has 0 fully saturated rings. The number of carbonyl (C=O) groups excluding carboxylic acids is 1. The van der Waals surface area contributed by atoms with Crippen molar-refractivity contribution in [3.05, 3.63) is 50.1 Å². The third-order valence-corrected chi connectivity index (χ3v) is 5.33. The van der Waals surface area contributed by atoms with Gasteiger partial charge in [0.1, 0.15) is 5.69 Å². The van der Waals surface area contributed by atoms with E-state index in [-0.39, 0.29) is 29.8 Å². The van der Waals surface area contributed by atoms with E-state index >= 15 is 0 Å². The van der Waals surface area contributed by atoms with Crippen LogP contribution in [-0.4, -0.2) is 31.6 Å². The van der Waals surface area contributed by atoms with E-state index in [0.29, 0.717) is 28.5 Å². The molecule has 0 saturated heterocycles. The van der Waals surface area contributed by atoms with Crippen molar-refractivity contribution >= 4 is 22.2 Å². The van der Waals surface area contributed by atoms with Crippen LogP contribution in [0, 0.1) is 12.8 Å². The fourth-order valence-electron chi connectivity index (χ4n) is 3.18. The summed E-state index contributed by atoms with van der Waals surface area (Å²) in [5, 5.41) is 6.36. The molecule has 7 nitrogen and oxygen atoms in total. The lowest BCUT2D eigenvalue weighted by Gasteiger charge is -2.09. The first-order chi connectivity index (χ1) is 14.0. The molecule has 162 valence electrons. The fraction of sp³-hybridized carbons (Fsp3) is 0.474. The monoisotopic (exact) mass is 441 g/mol. The van der Waals surface area contributed by atoms with E-state index in [4.69, 9.17) is 0 Å². The number of halogens is 3. The van der Waals surface area contributed by atoms with Crippen molar-refractivity contribution in [3.8, 4) is 0 Å². The number of hydrogen-bond donors (Lipinski definition) is 1. The van der Waals surface area contributed by atoms with Crippen LogP contribution in [0.1, 0.15) is 53.2 Å². The molecule has 0 atom stereocenters. The molecule has 3 heterocycles. The van der Waals surface area contributed by atoms with Gasteiger partial charge in [-0.05, 0) is 32.3 Å². The highest BCUT2D eigenvalue weighted by Gasteiger charge is 2.35. The Kier molecular flexibility index (Phi) is 6.02. The van der Waals surface area contributed by atoms with Crippen LogP contribution in [-0.2, 0) is 19.1 Å². The zero-order chi connectivity index (χ0) is 22.2. The van der Waals surface area contributed by atoms with Gasteiger partial charge >= 0.3 is 6.18 Å². The average molecular weight is 441 g/mol. The van der Waals surface area contributed by atoms with Crippen LogP contribution < -0.4 is 10.9 Å². The molecule has 0 radical (unpaired) electrons. The molecule has 0 spiro atoms.